The number of halogens is 3. The number of carbonyl (C=O) groups excluding carboxylic acids is 1. The minimum absolute atomic E-state index is 0.0431. The molecule has 7 heteroatoms. The van der Waals surface area contributed by atoms with Crippen LogP contribution in [-0.2, 0) is 4.79 Å². The third-order valence-corrected chi connectivity index (χ3v) is 3.90. The number of alkyl halides is 3. The monoisotopic (exact) mass is 302 g/mol. The van der Waals surface area contributed by atoms with Crippen LogP contribution in [0.2, 0.25) is 0 Å². The summed E-state index contributed by atoms with van der Waals surface area (Å²) < 4.78 is 38.3. The van der Waals surface area contributed by atoms with Crippen molar-refractivity contribution in [2.75, 3.05) is 13.1 Å². The highest BCUT2D eigenvalue weighted by atomic mass is 19.4. The summed E-state index contributed by atoms with van der Waals surface area (Å²) in [5.74, 6) is -0.612. The van der Waals surface area contributed by atoms with Crippen molar-refractivity contribution in [2.45, 2.75) is 30.7 Å². The topological polar surface area (TPSA) is 66.6 Å². The first-order valence-corrected chi connectivity index (χ1v) is 6.62. The zero-order valence-corrected chi connectivity index (χ0v) is 11.3. The third-order valence-electron chi connectivity index (χ3n) is 3.90. The molecule has 116 valence electrons. The van der Waals surface area contributed by atoms with Crippen molar-refractivity contribution in [3.8, 4) is 0 Å². The molecule has 1 unspecified atom stereocenters. The van der Waals surface area contributed by atoms with Gasteiger partial charge >= 0.3 is 6.18 Å². The van der Waals surface area contributed by atoms with E-state index in [2.05, 4.69) is 0 Å². The van der Waals surface area contributed by atoms with Gasteiger partial charge in [-0.1, -0.05) is 30.3 Å². The van der Waals surface area contributed by atoms with Gasteiger partial charge in [0.1, 0.15) is 6.04 Å². The second kappa shape index (κ2) is 5.65. The van der Waals surface area contributed by atoms with Gasteiger partial charge in [-0.15, -0.1) is 0 Å². The number of benzene rings is 1. The summed E-state index contributed by atoms with van der Waals surface area (Å²) in [4.78, 5) is 13.2. The van der Waals surface area contributed by atoms with Gasteiger partial charge in [-0.2, -0.15) is 13.2 Å². The van der Waals surface area contributed by atoms with E-state index in [-0.39, 0.29) is 13.1 Å². The molecule has 0 radical (unpaired) electrons. The summed E-state index contributed by atoms with van der Waals surface area (Å²) in [6.07, 6.45) is -5.59. The summed E-state index contributed by atoms with van der Waals surface area (Å²) in [5.41, 5.74) is 3.35. The number of nitrogens with zero attached hydrogens (tertiary/aromatic N) is 1. The highest BCUT2D eigenvalue weighted by molar-refractivity contribution is 5.81. The van der Waals surface area contributed by atoms with E-state index >= 15 is 0 Å². The van der Waals surface area contributed by atoms with Gasteiger partial charge in [-0.05, 0) is 18.4 Å². The summed E-state index contributed by atoms with van der Waals surface area (Å²) in [6, 6.07) is 7.90. The van der Waals surface area contributed by atoms with Crippen molar-refractivity contribution in [3.63, 3.8) is 0 Å². The molecule has 1 amide bonds. The molecular formula is C14H17F3N2O2. The van der Waals surface area contributed by atoms with Crippen molar-refractivity contribution >= 4 is 5.91 Å². The summed E-state index contributed by atoms with van der Waals surface area (Å²) in [6.45, 7) is -0.0863. The minimum atomic E-state index is -4.66. The fourth-order valence-corrected chi connectivity index (χ4v) is 2.63. The lowest BCUT2D eigenvalue weighted by Gasteiger charge is -2.41. The minimum Gasteiger partial charge on any atom is -0.380 e. The van der Waals surface area contributed by atoms with Crippen LogP contribution in [-0.4, -0.2) is 40.8 Å². The Morgan fingerprint density at radius 1 is 1.24 bits per heavy atom. The second-order valence-corrected chi connectivity index (χ2v) is 5.28. The second-order valence-electron chi connectivity index (χ2n) is 5.28. The van der Waals surface area contributed by atoms with Gasteiger partial charge in [0.05, 0.1) is 0 Å². The molecule has 1 atom stereocenters. The Morgan fingerprint density at radius 3 is 2.19 bits per heavy atom. The highest BCUT2D eigenvalue weighted by Crippen LogP contribution is 2.39. The molecule has 1 aromatic carbocycles. The number of aliphatic hydroxyl groups is 1. The zero-order chi connectivity index (χ0) is 15.7. The summed E-state index contributed by atoms with van der Waals surface area (Å²) >= 11 is 0. The van der Waals surface area contributed by atoms with Crippen LogP contribution >= 0.6 is 0 Å². The van der Waals surface area contributed by atoms with Crippen molar-refractivity contribution in [1.29, 1.82) is 0 Å². The van der Waals surface area contributed by atoms with Crippen LogP contribution in [0.4, 0.5) is 13.2 Å². The summed E-state index contributed by atoms with van der Waals surface area (Å²) in [7, 11) is 0. The average Bonchev–Trinajstić information content (AvgIpc) is 2.41. The summed E-state index contributed by atoms with van der Waals surface area (Å²) in [5, 5.41) is 9.65. The van der Waals surface area contributed by atoms with E-state index < -0.39 is 36.6 Å². The lowest BCUT2D eigenvalue weighted by molar-refractivity contribution is -0.273. The molecule has 0 saturated carbocycles. The molecule has 0 bridgehead atoms. The lowest BCUT2D eigenvalue weighted by atomic mass is 9.89. The van der Waals surface area contributed by atoms with E-state index in [4.69, 9.17) is 5.73 Å². The highest BCUT2D eigenvalue weighted by Gasteiger charge is 2.55. The molecule has 1 aliphatic heterocycles. The predicted molar refractivity (Wildman–Crippen MR) is 70.2 cm³/mol. The number of hydrogen-bond donors (Lipinski definition) is 2. The quantitative estimate of drug-likeness (QED) is 0.891. The van der Waals surface area contributed by atoms with Crippen molar-refractivity contribution in [3.05, 3.63) is 35.9 Å². The lowest BCUT2D eigenvalue weighted by Crippen LogP contribution is -2.55. The Balaban J connectivity index is 2.14. The van der Waals surface area contributed by atoms with Crippen LogP contribution in [0.25, 0.3) is 0 Å². The van der Waals surface area contributed by atoms with Gasteiger partial charge < -0.3 is 10.8 Å². The third kappa shape index (κ3) is 3.19. The molecule has 0 aromatic heterocycles. The van der Waals surface area contributed by atoms with Crippen LogP contribution in [0.5, 0.6) is 0 Å². The number of piperidine rings is 1. The number of rotatable bonds is 3. The molecule has 0 aliphatic carbocycles. The Hall–Kier alpha value is -1.60. The fourth-order valence-electron chi connectivity index (χ4n) is 2.63. The van der Waals surface area contributed by atoms with Crippen LogP contribution in [0.15, 0.2) is 30.3 Å². The predicted octanol–water partition coefficient (Wildman–Crippen LogP) is 1.60. The maximum atomic E-state index is 12.8. The molecule has 0 spiro atoms. The van der Waals surface area contributed by atoms with Gasteiger partial charge in [0.2, 0.25) is 5.91 Å². The SMILES string of the molecule is NC(=O)C(c1ccccc1)N1CCC(O)(C(F)(F)F)CC1. The molecule has 4 nitrogen and oxygen atoms in total. The Bertz CT molecular complexity index is 497. The van der Waals surface area contributed by atoms with E-state index in [0.29, 0.717) is 5.56 Å². The fraction of sp³-hybridized carbons (Fsp3) is 0.500. The first-order valence-electron chi connectivity index (χ1n) is 6.62. The smallest absolute Gasteiger partial charge is 0.380 e. The first kappa shape index (κ1) is 15.8. The number of carbonyl (C=O) groups is 1. The number of amides is 1. The maximum Gasteiger partial charge on any atom is 0.417 e. The Labute approximate surface area is 120 Å². The zero-order valence-electron chi connectivity index (χ0n) is 11.3. The molecule has 21 heavy (non-hydrogen) atoms. The van der Waals surface area contributed by atoms with Gasteiger partial charge in [-0.25, -0.2) is 0 Å². The van der Waals surface area contributed by atoms with E-state index in [1.165, 1.54) is 0 Å². The molecular weight excluding hydrogens is 285 g/mol. The van der Waals surface area contributed by atoms with Crippen molar-refractivity contribution < 1.29 is 23.1 Å². The largest absolute Gasteiger partial charge is 0.417 e. The number of nitrogens with two attached hydrogens (primary N) is 1. The van der Waals surface area contributed by atoms with Gasteiger partial charge in [0.25, 0.3) is 0 Å². The molecule has 3 N–H and O–H groups in total. The normalized spacial score (nSPS) is 21.0. The Kier molecular flexibility index (Phi) is 4.25. The van der Waals surface area contributed by atoms with E-state index in [1.807, 2.05) is 0 Å². The number of likely N-dealkylation sites (tertiary alicyclic amines) is 1. The Morgan fingerprint density at radius 2 is 1.76 bits per heavy atom. The number of hydrogen-bond acceptors (Lipinski definition) is 3. The van der Waals surface area contributed by atoms with Crippen LogP contribution in [0.1, 0.15) is 24.4 Å². The van der Waals surface area contributed by atoms with Gasteiger partial charge in [0, 0.05) is 13.1 Å². The molecule has 1 heterocycles. The van der Waals surface area contributed by atoms with Crippen LogP contribution in [0.3, 0.4) is 0 Å². The maximum absolute atomic E-state index is 12.8. The van der Waals surface area contributed by atoms with E-state index in [1.54, 1.807) is 35.2 Å². The van der Waals surface area contributed by atoms with Crippen molar-refractivity contribution in [1.82, 2.24) is 4.90 Å². The average molecular weight is 302 g/mol. The van der Waals surface area contributed by atoms with Crippen LogP contribution < -0.4 is 5.73 Å². The molecule has 1 fully saturated rings. The van der Waals surface area contributed by atoms with Crippen LogP contribution in [0, 0.1) is 0 Å². The van der Waals surface area contributed by atoms with Gasteiger partial charge in [0.15, 0.2) is 5.60 Å². The standard InChI is InChI=1S/C14H17F3N2O2/c15-14(16,17)13(21)6-8-19(9-7-13)11(12(18)20)10-4-2-1-3-5-10/h1-5,11,21H,6-9H2,(H2,18,20). The van der Waals surface area contributed by atoms with Crippen molar-refractivity contribution in [2.24, 2.45) is 5.73 Å². The van der Waals surface area contributed by atoms with E-state index in [9.17, 15) is 23.1 Å². The first-order chi connectivity index (χ1) is 9.74. The number of primary amides is 1. The molecule has 1 saturated heterocycles. The molecule has 1 aromatic rings. The molecule has 2 rings (SSSR count). The molecule has 1 aliphatic rings. The van der Waals surface area contributed by atoms with E-state index in [0.717, 1.165) is 0 Å². The van der Waals surface area contributed by atoms with Gasteiger partial charge in [-0.3, -0.25) is 9.69 Å².